The fraction of sp³-hybridized carbons (Fsp3) is 0.286. The number of methoxy groups -OCH3 is 1. The van der Waals surface area contributed by atoms with E-state index in [-0.39, 0.29) is 6.04 Å². The number of para-hydroxylation sites is 1. The molecule has 3 N–H and O–H groups in total. The third kappa shape index (κ3) is 3.61. The molecule has 0 aliphatic carbocycles. The molecule has 2 aromatic carbocycles. The van der Waals surface area contributed by atoms with Crippen LogP contribution in [0.4, 0.5) is 5.82 Å². The molecule has 28 heavy (non-hydrogen) atoms. The second-order valence-corrected chi connectivity index (χ2v) is 6.92. The Morgan fingerprint density at radius 2 is 2.07 bits per heavy atom. The van der Waals surface area contributed by atoms with Gasteiger partial charge in [0.1, 0.15) is 17.9 Å². The molecule has 3 aromatic rings. The molecular weight excluding hydrogens is 354 g/mol. The summed E-state index contributed by atoms with van der Waals surface area (Å²) in [6.45, 7) is 3.05. The number of anilines is 1. The van der Waals surface area contributed by atoms with Crippen molar-refractivity contribution in [1.29, 1.82) is 0 Å². The fourth-order valence-corrected chi connectivity index (χ4v) is 3.48. The van der Waals surface area contributed by atoms with Crippen LogP contribution in [0.5, 0.6) is 5.75 Å². The predicted octanol–water partition coefficient (Wildman–Crippen LogP) is 2.60. The van der Waals surface area contributed by atoms with E-state index in [1.54, 1.807) is 19.2 Å². The van der Waals surface area contributed by atoms with Crippen molar-refractivity contribution in [3.05, 3.63) is 59.9 Å². The normalized spacial score (nSPS) is 15.0. The second-order valence-electron chi connectivity index (χ2n) is 6.92. The molecular formula is C21H23N5O2. The van der Waals surface area contributed by atoms with Gasteiger partial charge in [-0.25, -0.2) is 9.97 Å². The summed E-state index contributed by atoms with van der Waals surface area (Å²) in [4.78, 5) is 22.9. The van der Waals surface area contributed by atoms with E-state index in [9.17, 15) is 4.79 Å². The SMILES string of the molecule is COc1cccc([C@@H](CN2CCC2)Nc2ncnc3c(C(N)=O)cccc23)c1. The van der Waals surface area contributed by atoms with Gasteiger partial charge < -0.3 is 20.7 Å². The number of fused-ring (bicyclic) bond motifs is 1. The van der Waals surface area contributed by atoms with Gasteiger partial charge in [0.05, 0.1) is 24.2 Å². The van der Waals surface area contributed by atoms with Gasteiger partial charge in [0, 0.05) is 11.9 Å². The van der Waals surface area contributed by atoms with Crippen LogP contribution in [0.2, 0.25) is 0 Å². The maximum Gasteiger partial charge on any atom is 0.250 e. The average molecular weight is 377 g/mol. The molecule has 1 saturated heterocycles. The van der Waals surface area contributed by atoms with E-state index in [0.717, 1.165) is 36.3 Å². The molecule has 7 heteroatoms. The Balaban J connectivity index is 1.72. The van der Waals surface area contributed by atoms with Crippen molar-refractivity contribution in [2.75, 3.05) is 32.1 Å². The van der Waals surface area contributed by atoms with Crippen LogP contribution < -0.4 is 15.8 Å². The van der Waals surface area contributed by atoms with E-state index < -0.39 is 5.91 Å². The lowest BCUT2D eigenvalue weighted by atomic mass is 10.0. The molecule has 1 amide bonds. The molecule has 1 aromatic heterocycles. The number of aromatic nitrogens is 2. The van der Waals surface area contributed by atoms with Crippen molar-refractivity contribution >= 4 is 22.6 Å². The Morgan fingerprint density at radius 3 is 2.79 bits per heavy atom. The van der Waals surface area contributed by atoms with Crippen molar-refractivity contribution in [3.8, 4) is 5.75 Å². The Bertz CT molecular complexity index is 1000. The van der Waals surface area contributed by atoms with Crippen molar-refractivity contribution in [2.45, 2.75) is 12.5 Å². The zero-order valence-corrected chi connectivity index (χ0v) is 15.8. The number of carbonyl (C=O) groups is 1. The van der Waals surface area contributed by atoms with E-state index in [1.807, 2.05) is 24.3 Å². The number of primary amides is 1. The number of hydrogen-bond acceptors (Lipinski definition) is 6. The van der Waals surface area contributed by atoms with Crippen molar-refractivity contribution in [3.63, 3.8) is 0 Å². The lowest BCUT2D eigenvalue weighted by Gasteiger charge is -2.35. The number of ether oxygens (including phenoxy) is 1. The first-order chi connectivity index (χ1) is 13.7. The summed E-state index contributed by atoms with van der Waals surface area (Å²) in [5, 5.41) is 4.33. The highest BCUT2D eigenvalue weighted by Crippen LogP contribution is 2.28. The van der Waals surface area contributed by atoms with Crippen molar-refractivity contribution in [1.82, 2.24) is 14.9 Å². The van der Waals surface area contributed by atoms with Gasteiger partial charge in [-0.15, -0.1) is 0 Å². The van der Waals surface area contributed by atoms with Gasteiger partial charge in [0.25, 0.3) is 5.91 Å². The Labute approximate surface area is 163 Å². The molecule has 0 unspecified atom stereocenters. The largest absolute Gasteiger partial charge is 0.497 e. The van der Waals surface area contributed by atoms with E-state index in [2.05, 4.69) is 26.3 Å². The third-order valence-electron chi connectivity index (χ3n) is 5.13. The maximum absolute atomic E-state index is 11.8. The van der Waals surface area contributed by atoms with Crippen LogP contribution in [0.15, 0.2) is 48.8 Å². The molecule has 1 atom stereocenters. The van der Waals surface area contributed by atoms with Crippen LogP contribution in [0.25, 0.3) is 10.9 Å². The summed E-state index contributed by atoms with van der Waals surface area (Å²) in [7, 11) is 1.67. The number of nitrogens with two attached hydrogens (primary N) is 1. The highest BCUT2D eigenvalue weighted by Gasteiger charge is 2.22. The number of rotatable bonds is 7. The summed E-state index contributed by atoms with van der Waals surface area (Å²) in [6.07, 6.45) is 2.69. The van der Waals surface area contributed by atoms with Gasteiger partial charge in [-0.1, -0.05) is 18.2 Å². The molecule has 0 bridgehead atoms. The van der Waals surface area contributed by atoms with Gasteiger partial charge >= 0.3 is 0 Å². The van der Waals surface area contributed by atoms with E-state index >= 15 is 0 Å². The Kier molecular flexibility index (Phi) is 5.08. The Hall–Kier alpha value is -3.19. The van der Waals surface area contributed by atoms with Gasteiger partial charge in [-0.2, -0.15) is 0 Å². The molecule has 1 aliphatic heterocycles. The summed E-state index contributed by atoms with van der Waals surface area (Å²) in [5.41, 5.74) is 7.57. The molecule has 0 saturated carbocycles. The van der Waals surface area contributed by atoms with Crippen LogP contribution in [0.1, 0.15) is 28.4 Å². The Morgan fingerprint density at radius 1 is 1.25 bits per heavy atom. The lowest BCUT2D eigenvalue weighted by Crippen LogP contribution is -2.41. The number of nitrogens with one attached hydrogen (secondary N) is 1. The molecule has 4 rings (SSSR count). The van der Waals surface area contributed by atoms with E-state index in [1.165, 1.54) is 12.7 Å². The lowest BCUT2D eigenvalue weighted by molar-refractivity contribution is 0.100. The number of hydrogen-bond donors (Lipinski definition) is 2. The monoisotopic (exact) mass is 377 g/mol. The van der Waals surface area contributed by atoms with Crippen LogP contribution in [-0.4, -0.2) is 47.5 Å². The van der Waals surface area contributed by atoms with Crippen LogP contribution >= 0.6 is 0 Å². The summed E-state index contributed by atoms with van der Waals surface area (Å²) in [5.74, 6) is 0.998. The quantitative estimate of drug-likeness (QED) is 0.657. The highest BCUT2D eigenvalue weighted by atomic mass is 16.5. The number of nitrogens with zero attached hydrogens (tertiary/aromatic N) is 3. The molecule has 144 valence electrons. The number of likely N-dealkylation sites (tertiary alicyclic amines) is 1. The number of benzene rings is 2. The minimum Gasteiger partial charge on any atom is -0.497 e. The van der Waals surface area contributed by atoms with Gasteiger partial charge in [-0.3, -0.25) is 4.79 Å². The first-order valence-corrected chi connectivity index (χ1v) is 9.32. The fourth-order valence-electron chi connectivity index (χ4n) is 3.48. The average Bonchev–Trinajstić information content (AvgIpc) is 2.69. The van der Waals surface area contributed by atoms with Crippen LogP contribution in [-0.2, 0) is 0 Å². The zero-order chi connectivity index (χ0) is 19.5. The molecule has 2 heterocycles. The zero-order valence-electron chi connectivity index (χ0n) is 15.8. The molecule has 0 spiro atoms. The van der Waals surface area contributed by atoms with Crippen LogP contribution in [0.3, 0.4) is 0 Å². The smallest absolute Gasteiger partial charge is 0.250 e. The van der Waals surface area contributed by atoms with Gasteiger partial charge in [0.15, 0.2) is 0 Å². The summed E-state index contributed by atoms with van der Waals surface area (Å²) < 4.78 is 5.39. The first-order valence-electron chi connectivity index (χ1n) is 9.32. The van der Waals surface area contributed by atoms with Crippen molar-refractivity contribution < 1.29 is 9.53 Å². The molecule has 1 aliphatic rings. The predicted molar refractivity (Wildman–Crippen MR) is 108 cm³/mol. The standard InChI is InChI=1S/C21H23N5O2/c1-28-15-6-2-5-14(11-15)18(12-26-9-4-10-26)25-21-17-8-3-7-16(20(22)27)19(17)23-13-24-21/h2-3,5-8,11,13,18H,4,9-10,12H2,1H3,(H2,22,27)(H,23,24,25)/t18-/m1/s1. The second kappa shape index (κ2) is 7.82. The molecule has 0 radical (unpaired) electrons. The number of amides is 1. The minimum atomic E-state index is -0.500. The summed E-state index contributed by atoms with van der Waals surface area (Å²) >= 11 is 0. The molecule has 7 nitrogen and oxygen atoms in total. The minimum absolute atomic E-state index is 0.0192. The van der Waals surface area contributed by atoms with Crippen molar-refractivity contribution in [2.24, 2.45) is 5.73 Å². The number of carbonyl (C=O) groups excluding carboxylic acids is 1. The summed E-state index contributed by atoms with van der Waals surface area (Å²) in [6, 6.07) is 13.4. The van der Waals surface area contributed by atoms with Crippen LogP contribution in [0, 0.1) is 0 Å². The topological polar surface area (TPSA) is 93.4 Å². The van der Waals surface area contributed by atoms with Gasteiger partial charge in [0.2, 0.25) is 0 Å². The maximum atomic E-state index is 11.8. The van der Waals surface area contributed by atoms with E-state index in [4.69, 9.17) is 10.5 Å². The molecule has 1 fully saturated rings. The highest BCUT2D eigenvalue weighted by molar-refractivity contribution is 6.06. The van der Waals surface area contributed by atoms with Gasteiger partial charge in [-0.05, 0) is 49.3 Å². The first kappa shape index (κ1) is 18.2. The third-order valence-corrected chi connectivity index (χ3v) is 5.13. The van der Waals surface area contributed by atoms with E-state index in [0.29, 0.717) is 16.9 Å².